The molecule has 72 valence electrons. The van der Waals surface area contributed by atoms with Crippen molar-refractivity contribution in [1.82, 2.24) is 4.98 Å². The highest BCUT2D eigenvalue weighted by Gasteiger charge is 2.31. The molecule has 14 heavy (non-hydrogen) atoms. The van der Waals surface area contributed by atoms with Crippen molar-refractivity contribution in [2.75, 3.05) is 7.11 Å². The van der Waals surface area contributed by atoms with Crippen LogP contribution in [-0.2, 0) is 16.1 Å². The third kappa shape index (κ3) is 1.27. The predicted molar refractivity (Wildman–Crippen MR) is 44.7 cm³/mol. The fourth-order valence-electron chi connectivity index (χ4n) is 1.26. The third-order valence-corrected chi connectivity index (χ3v) is 1.85. The number of cyclic esters (lactones) is 2. The molecular formula is C9H7NO4. The van der Waals surface area contributed by atoms with Gasteiger partial charge in [0.05, 0.1) is 12.2 Å². The van der Waals surface area contributed by atoms with Crippen LogP contribution in [0.4, 0.5) is 0 Å². The van der Waals surface area contributed by atoms with E-state index < -0.39 is 11.9 Å². The highest BCUT2D eigenvalue weighted by molar-refractivity contribution is 6.13. The topological polar surface area (TPSA) is 65.5 Å². The standard InChI is InChI=1S/C9H7NO4/c1-13-4-5-2-6-7(10-3-5)9(12)14-8(6)11/h2-3H,4H2,1H3. The summed E-state index contributed by atoms with van der Waals surface area (Å²) in [6, 6.07) is 1.55. The van der Waals surface area contributed by atoms with Crippen molar-refractivity contribution in [3.05, 3.63) is 29.1 Å². The van der Waals surface area contributed by atoms with Crippen molar-refractivity contribution in [1.29, 1.82) is 0 Å². The third-order valence-electron chi connectivity index (χ3n) is 1.85. The number of hydrogen-bond acceptors (Lipinski definition) is 5. The average Bonchev–Trinajstić information content (AvgIpc) is 2.43. The van der Waals surface area contributed by atoms with Crippen LogP contribution in [0.25, 0.3) is 0 Å². The summed E-state index contributed by atoms with van der Waals surface area (Å²) in [6.07, 6.45) is 1.49. The zero-order valence-electron chi connectivity index (χ0n) is 7.44. The Hall–Kier alpha value is -1.75. The smallest absolute Gasteiger partial charge is 0.365 e. The first-order chi connectivity index (χ1) is 6.72. The summed E-state index contributed by atoms with van der Waals surface area (Å²) in [5, 5.41) is 0. The molecule has 0 bridgehead atoms. The van der Waals surface area contributed by atoms with E-state index in [4.69, 9.17) is 4.74 Å². The number of aromatic nitrogens is 1. The summed E-state index contributed by atoms with van der Waals surface area (Å²) < 4.78 is 9.26. The largest absolute Gasteiger partial charge is 0.384 e. The fraction of sp³-hybridized carbons (Fsp3) is 0.222. The van der Waals surface area contributed by atoms with Gasteiger partial charge in [-0.15, -0.1) is 0 Å². The van der Waals surface area contributed by atoms with Crippen molar-refractivity contribution in [3.8, 4) is 0 Å². The second-order valence-electron chi connectivity index (χ2n) is 2.85. The molecule has 5 nitrogen and oxygen atoms in total. The molecule has 0 radical (unpaired) electrons. The number of carbonyl (C=O) groups is 2. The highest BCUT2D eigenvalue weighted by atomic mass is 16.6. The number of esters is 2. The van der Waals surface area contributed by atoms with Crippen LogP contribution in [0, 0.1) is 0 Å². The quantitative estimate of drug-likeness (QED) is 0.506. The van der Waals surface area contributed by atoms with Crippen LogP contribution in [0.3, 0.4) is 0 Å². The maximum Gasteiger partial charge on any atom is 0.365 e. The Balaban J connectivity index is 2.44. The number of methoxy groups -OCH3 is 1. The van der Waals surface area contributed by atoms with Gasteiger partial charge in [-0.05, 0) is 11.6 Å². The van der Waals surface area contributed by atoms with Gasteiger partial charge in [-0.3, -0.25) is 0 Å². The minimum Gasteiger partial charge on any atom is -0.384 e. The van der Waals surface area contributed by atoms with Gasteiger partial charge in [0.25, 0.3) is 0 Å². The number of fused-ring (bicyclic) bond motifs is 1. The molecule has 0 aliphatic carbocycles. The normalized spacial score (nSPS) is 14.1. The molecule has 0 spiro atoms. The Bertz CT molecular complexity index is 413. The summed E-state index contributed by atoms with van der Waals surface area (Å²) in [5.41, 5.74) is 1.03. The van der Waals surface area contributed by atoms with E-state index in [9.17, 15) is 9.59 Å². The minimum absolute atomic E-state index is 0.0786. The molecule has 0 amide bonds. The Morgan fingerprint density at radius 3 is 2.93 bits per heavy atom. The van der Waals surface area contributed by atoms with Gasteiger partial charge in [0, 0.05) is 13.3 Å². The lowest BCUT2D eigenvalue weighted by molar-refractivity contribution is 0.0441. The first-order valence-electron chi connectivity index (χ1n) is 3.96. The van der Waals surface area contributed by atoms with E-state index in [-0.39, 0.29) is 11.3 Å². The van der Waals surface area contributed by atoms with Gasteiger partial charge in [0.15, 0.2) is 5.69 Å². The van der Waals surface area contributed by atoms with E-state index in [0.29, 0.717) is 6.61 Å². The molecule has 2 rings (SSSR count). The number of rotatable bonds is 2. The van der Waals surface area contributed by atoms with Crippen LogP contribution in [0.2, 0.25) is 0 Å². The van der Waals surface area contributed by atoms with Gasteiger partial charge in [-0.2, -0.15) is 0 Å². The molecule has 0 fully saturated rings. The molecule has 0 aromatic carbocycles. The molecule has 1 aliphatic heterocycles. The van der Waals surface area contributed by atoms with Gasteiger partial charge in [0.2, 0.25) is 0 Å². The first-order valence-corrected chi connectivity index (χ1v) is 3.96. The number of pyridine rings is 1. The summed E-state index contributed by atoms with van der Waals surface area (Å²) in [4.78, 5) is 26.0. The van der Waals surface area contributed by atoms with Crippen molar-refractivity contribution in [3.63, 3.8) is 0 Å². The van der Waals surface area contributed by atoms with Crippen LogP contribution in [0.15, 0.2) is 12.3 Å². The number of carbonyl (C=O) groups excluding carboxylic acids is 2. The van der Waals surface area contributed by atoms with Crippen molar-refractivity contribution in [2.24, 2.45) is 0 Å². The second kappa shape index (κ2) is 3.19. The summed E-state index contributed by atoms with van der Waals surface area (Å²) in [6.45, 7) is 0.349. The Labute approximate surface area is 79.7 Å². The molecule has 0 atom stereocenters. The maximum absolute atomic E-state index is 11.1. The summed E-state index contributed by atoms with van der Waals surface area (Å²) in [7, 11) is 1.54. The molecule has 0 saturated carbocycles. The van der Waals surface area contributed by atoms with E-state index in [1.807, 2.05) is 0 Å². The molecule has 5 heteroatoms. The van der Waals surface area contributed by atoms with Crippen LogP contribution < -0.4 is 0 Å². The zero-order valence-corrected chi connectivity index (χ0v) is 7.44. The minimum atomic E-state index is -0.686. The molecule has 2 heterocycles. The monoisotopic (exact) mass is 193 g/mol. The van der Waals surface area contributed by atoms with Gasteiger partial charge >= 0.3 is 11.9 Å². The molecule has 0 N–H and O–H groups in total. The van der Waals surface area contributed by atoms with Crippen LogP contribution in [0.1, 0.15) is 26.4 Å². The predicted octanol–water partition coefficient (Wildman–Crippen LogP) is 0.539. The van der Waals surface area contributed by atoms with Crippen molar-refractivity contribution in [2.45, 2.75) is 6.61 Å². The number of nitrogens with zero attached hydrogens (tertiary/aromatic N) is 1. The number of ether oxygens (including phenoxy) is 2. The highest BCUT2D eigenvalue weighted by Crippen LogP contribution is 2.18. The van der Waals surface area contributed by atoms with E-state index in [1.54, 1.807) is 6.07 Å². The molecule has 1 aromatic rings. The Morgan fingerprint density at radius 2 is 2.21 bits per heavy atom. The van der Waals surface area contributed by atoms with Gasteiger partial charge in [-0.25, -0.2) is 14.6 Å². The molecule has 0 unspecified atom stereocenters. The van der Waals surface area contributed by atoms with Gasteiger partial charge in [-0.1, -0.05) is 0 Å². The van der Waals surface area contributed by atoms with Gasteiger partial charge < -0.3 is 9.47 Å². The van der Waals surface area contributed by atoms with E-state index in [0.717, 1.165) is 5.56 Å². The SMILES string of the molecule is COCc1cnc2c(c1)C(=O)OC2=O. The molecule has 1 aromatic heterocycles. The molecule has 0 saturated heterocycles. The van der Waals surface area contributed by atoms with Crippen molar-refractivity contribution < 1.29 is 19.1 Å². The zero-order chi connectivity index (χ0) is 10.1. The van der Waals surface area contributed by atoms with Crippen LogP contribution in [0.5, 0.6) is 0 Å². The summed E-state index contributed by atoms with van der Waals surface area (Å²) in [5.74, 6) is -1.33. The van der Waals surface area contributed by atoms with Crippen LogP contribution >= 0.6 is 0 Å². The molecular weight excluding hydrogens is 186 g/mol. The summed E-state index contributed by atoms with van der Waals surface area (Å²) >= 11 is 0. The second-order valence-corrected chi connectivity index (χ2v) is 2.85. The number of hydrogen-bond donors (Lipinski definition) is 0. The molecule has 1 aliphatic rings. The average molecular weight is 193 g/mol. The van der Waals surface area contributed by atoms with E-state index in [2.05, 4.69) is 9.72 Å². The van der Waals surface area contributed by atoms with Crippen LogP contribution in [-0.4, -0.2) is 24.0 Å². The lowest BCUT2D eigenvalue weighted by Gasteiger charge is -1.98. The first kappa shape index (κ1) is 8.83. The lowest BCUT2D eigenvalue weighted by Crippen LogP contribution is -1.98. The Morgan fingerprint density at radius 1 is 1.43 bits per heavy atom. The van der Waals surface area contributed by atoms with Gasteiger partial charge in [0.1, 0.15) is 0 Å². The maximum atomic E-state index is 11.1. The lowest BCUT2D eigenvalue weighted by atomic mass is 10.1. The van der Waals surface area contributed by atoms with E-state index >= 15 is 0 Å². The Kier molecular flexibility index (Phi) is 2.01. The van der Waals surface area contributed by atoms with E-state index in [1.165, 1.54) is 13.3 Å². The fourth-order valence-corrected chi connectivity index (χ4v) is 1.26. The van der Waals surface area contributed by atoms with Crippen molar-refractivity contribution >= 4 is 11.9 Å².